The fourth-order valence-corrected chi connectivity index (χ4v) is 18.6. The van der Waals surface area contributed by atoms with Crippen molar-refractivity contribution in [1.29, 1.82) is 0 Å². The average Bonchev–Trinajstić information content (AvgIpc) is 1.56. The molecule has 4 fully saturated rings. The van der Waals surface area contributed by atoms with E-state index in [4.69, 9.17) is 62.3 Å². The van der Waals surface area contributed by atoms with Gasteiger partial charge in [0.05, 0.1) is 67.5 Å². The van der Waals surface area contributed by atoms with Crippen LogP contribution in [0.4, 0.5) is 0 Å². The summed E-state index contributed by atoms with van der Waals surface area (Å²) in [6.07, 6.45) is 16.3. The van der Waals surface area contributed by atoms with Crippen molar-refractivity contribution in [2.24, 2.45) is 33.5 Å². The molecule has 0 spiro atoms. The molecule has 4 saturated carbocycles. The minimum Gasteiger partial charge on any atom is -0.507 e. The number of fused-ring (bicyclic) bond motifs is 8. The lowest BCUT2D eigenvalue weighted by Crippen LogP contribution is -2.38. The molecule has 6 N–H and O–H groups in total. The SMILES string of the molecule is CC1(C)C2CCC1(C)C(OC(=O)/C=C/c1ccc3c(c1)OCO3)C2.CC1(C)C2CCC1(C)C(OC(=O)/C=C/c1ccccc1)C2.COc1cc(CO)cc(O)c1C(=O)/C=C/c1ccccc1.COc1ccc(C2CC(=O)c3c(O)cc(CO)cc3O2)cc1.COc1ccc(C2CC(=O)c3c(OC)cc(C)cc3O2)cc1.O=C1CC(c2ccccc2)Oc2cc(CO)cc(O)c21. The van der Waals surface area contributed by atoms with Crippen molar-refractivity contribution < 1.29 is 112 Å². The quantitative estimate of drug-likeness (QED) is 0.0249. The maximum Gasteiger partial charge on any atom is 0.331 e. The molecule has 10 aromatic carbocycles. The number of rotatable bonds is 19. The lowest BCUT2D eigenvalue weighted by Gasteiger charge is -2.38. The van der Waals surface area contributed by atoms with Crippen molar-refractivity contribution in [2.75, 3.05) is 35.2 Å². The van der Waals surface area contributed by atoms with Crippen LogP contribution in [0.5, 0.6) is 69.0 Å². The molecule has 130 heavy (non-hydrogen) atoms. The minimum absolute atomic E-state index is 0.0279. The molecule has 9 unspecified atom stereocenters. The van der Waals surface area contributed by atoms with Crippen molar-refractivity contribution in [3.8, 4) is 69.0 Å². The van der Waals surface area contributed by atoms with E-state index >= 15 is 0 Å². The highest BCUT2D eigenvalue weighted by Crippen LogP contribution is 2.67. The Morgan fingerprint density at radius 2 is 0.808 bits per heavy atom. The van der Waals surface area contributed by atoms with Gasteiger partial charge in [-0.05, 0) is 227 Å². The van der Waals surface area contributed by atoms with E-state index < -0.39 is 6.10 Å². The number of carbonyl (C=O) groups excluding carboxylic acids is 6. The number of hydrogen-bond donors (Lipinski definition) is 6. The topological polar surface area (TPSA) is 325 Å². The summed E-state index contributed by atoms with van der Waals surface area (Å²) >= 11 is 0. The Morgan fingerprint density at radius 1 is 0.408 bits per heavy atom. The van der Waals surface area contributed by atoms with Crippen molar-refractivity contribution >= 4 is 53.3 Å². The van der Waals surface area contributed by atoms with Gasteiger partial charge in [-0.2, -0.15) is 0 Å². The molecule has 23 heteroatoms. The van der Waals surface area contributed by atoms with Crippen LogP contribution in [-0.2, 0) is 38.9 Å². The molecule has 0 radical (unpaired) electrons. The summed E-state index contributed by atoms with van der Waals surface area (Å²) in [5, 5.41) is 57.2. The number of esters is 2. The van der Waals surface area contributed by atoms with Crippen molar-refractivity contribution in [1.82, 2.24) is 0 Å². The number of benzene rings is 10. The molecule has 4 aliphatic heterocycles. The zero-order valence-electron chi connectivity index (χ0n) is 75.0. The van der Waals surface area contributed by atoms with Crippen LogP contribution >= 0.6 is 0 Å². The van der Waals surface area contributed by atoms with E-state index in [2.05, 4.69) is 41.5 Å². The maximum atomic E-state index is 12.5. The Balaban J connectivity index is 0.000000133. The van der Waals surface area contributed by atoms with Gasteiger partial charge in [0.15, 0.2) is 34.6 Å². The van der Waals surface area contributed by atoms with Gasteiger partial charge in [0.25, 0.3) is 0 Å². The number of aromatic hydroxyl groups is 3. The number of ether oxygens (including phenoxy) is 11. The van der Waals surface area contributed by atoms with E-state index in [1.54, 1.807) is 63.8 Å². The fourth-order valence-electron chi connectivity index (χ4n) is 18.6. The van der Waals surface area contributed by atoms with E-state index in [0.29, 0.717) is 69.3 Å². The fraction of sp³-hybridized carbons (Fsp3) is 0.327. The summed E-state index contributed by atoms with van der Waals surface area (Å²) in [7, 11) is 6.19. The highest BCUT2D eigenvalue weighted by Gasteiger charge is 2.64. The summed E-state index contributed by atoms with van der Waals surface area (Å²) in [6, 6.07) is 61.8. The van der Waals surface area contributed by atoms with Crippen LogP contribution in [0.2, 0.25) is 0 Å². The van der Waals surface area contributed by atoms with Gasteiger partial charge in [-0.25, -0.2) is 9.59 Å². The van der Waals surface area contributed by atoms with Crippen molar-refractivity contribution in [2.45, 2.75) is 157 Å². The van der Waals surface area contributed by atoms with Gasteiger partial charge in [0, 0.05) is 23.0 Å². The molecule has 4 heterocycles. The Bertz CT molecular complexity index is 5770. The number of carbonyl (C=O) groups is 6. The first-order valence-corrected chi connectivity index (χ1v) is 43.5. The molecule has 0 aromatic heterocycles. The van der Waals surface area contributed by atoms with Gasteiger partial charge >= 0.3 is 11.9 Å². The predicted octanol–water partition coefficient (Wildman–Crippen LogP) is 20.3. The average molecular weight is 1770 g/mol. The molecule has 23 nitrogen and oxygen atoms in total. The number of aliphatic hydroxyl groups excluding tert-OH is 3. The molecule has 4 aliphatic carbocycles. The second kappa shape index (κ2) is 41.3. The Morgan fingerprint density at radius 3 is 1.23 bits per heavy atom. The third-order valence-corrected chi connectivity index (χ3v) is 27.0. The first-order valence-electron chi connectivity index (χ1n) is 43.5. The smallest absolute Gasteiger partial charge is 0.331 e. The molecule has 0 amide bonds. The van der Waals surface area contributed by atoms with Gasteiger partial charge in [-0.3, -0.25) is 19.2 Å². The maximum absolute atomic E-state index is 12.5. The summed E-state index contributed by atoms with van der Waals surface area (Å²) < 4.78 is 60.7. The van der Waals surface area contributed by atoms with E-state index in [1.165, 1.54) is 62.8 Å². The van der Waals surface area contributed by atoms with Crippen LogP contribution in [0.3, 0.4) is 0 Å². The third-order valence-electron chi connectivity index (χ3n) is 27.0. The number of aliphatic hydroxyl groups is 3. The van der Waals surface area contributed by atoms with E-state index in [-0.39, 0.29) is 160 Å². The van der Waals surface area contributed by atoms with Crippen LogP contribution in [0, 0.1) is 40.4 Å². The van der Waals surface area contributed by atoms with Crippen LogP contribution in [-0.4, -0.2) is 113 Å². The van der Waals surface area contributed by atoms with Gasteiger partial charge in [0.2, 0.25) is 6.79 Å². The first kappa shape index (κ1) is 94.1. The highest BCUT2D eigenvalue weighted by atomic mass is 16.7. The normalized spacial score (nSPS) is 21.5. The highest BCUT2D eigenvalue weighted by molar-refractivity contribution is 6.10. The second-order valence-electron chi connectivity index (χ2n) is 35.0. The van der Waals surface area contributed by atoms with Gasteiger partial charge < -0.3 is 82.7 Å². The van der Waals surface area contributed by atoms with Crippen LogP contribution in [0.15, 0.2) is 224 Å². The molecule has 0 saturated heterocycles. The summed E-state index contributed by atoms with van der Waals surface area (Å²) in [6.45, 7) is 15.4. The Kier molecular flexibility index (Phi) is 29.9. The number of aryl methyl sites for hydroxylation is 1. The number of methoxy groups -OCH3 is 4. The Labute approximate surface area is 757 Å². The van der Waals surface area contributed by atoms with Crippen LogP contribution in [0.1, 0.15) is 215 Å². The van der Waals surface area contributed by atoms with Crippen LogP contribution < -0.4 is 42.6 Å². The molecule has 10 aromatic rings. The second-order valence-corrected chi connectivity index (χ2v) is 35.0. The van der Waals surface area contributed by atoms with Crippen molar-refractivity contribution in [3.63, 3.8) is 0 Å². The van der Waals surface area contributed by atoms with E-state index in [0.717, 1.165) is 75.5 Å². The standard InChI is InChI=1S/C20H24O4.C19H24O2.C18H18O4.C17H16O5.C17H16O4.C16H14O4/c1-19(2)14-8-9-20(19,3)17(11-14)24-18(21)7-5-13-4-6-15-16(10-13)23-12-22-15;1-18(2)15-11-12-19(18,3)16(13-15)21-17(20)10-9-14-7-5-4-6-8-14;1-11-8-16(21-3)18-14(19)10-15(22-17(18)9-11)12-4-6-13(20-2)7-5-12;1-21-12-4-2-11(3-5-12)15-8-14(20)17-13(19)6-10(9-18)7-16(17)22-15;1-21-16-10-13(11-18)9-15(20)17(16)14(19)8-7-12-5-3-2-4-6-12;17-9-10-6-12(18)16-13(19)8-14(20-15(16)7-10)11-4-2-1-3-5-11/h4-7,10,14,17H,8-9,11-12H2,1-3H3;4-10,15-16H,11-13H2,1-3H3;4-9,15H,10H2,1-3H3;2-7,15,18-19H,8-9H2,1H3;2-10,18,20H,11H2,1H3;1-7,14,17-18H,8-9H2/b7-5+;10-9+;;;8-7+;. The number of phenolic OH excluding ortho intramolecular Hbond substituents is 3. The number of allylic oxidation sites excluding steroid dienone is 1. The van der Waals surface area contributed by atoms with Gasteiger partial charge in [-0.15, -0.1) is 0 Å². The molecular weight excluding hydrogens is 1650 g/mol. The van der Waals surface area contributed by atoms with Gasteiger partial charge in [0.1, 0.15) is 110 Å². The zero-order valence-corrected chi connectivity index (χ0v) is 75.0. The zero-order chi connectivity index (χ0) is 92.8. The molecule has 8 aliphatic rings. The van der Waals surface area contributed by atoms with E-state index in [1.807, 2.05) is 171 Å². The van der Waals surface area contributed by atoms with E-state index in [9.17, 15) is 49.2 Å². The molecule has 678 valence electrons. The minimum atomic E-state index is -0.417. The monoisotopic (exact) mass is 1760 g/mol. The first-order chi connectivity index (χ1) is 62.4. The third kappa shape index (κ3) is 21.1. The summed E-state index contributed by atoms with van der Waals surface area (Å²) in [5.41, 5.74) is 9.80. The van der Waals surface area contributed by atoms with Gasteiger partial charge in [-0.1, -0.05) is 169 Å². The molecule has 18 rings (SSSR count). The Hall–Kier alpha value is -13.5. The molecule has 9 atom stereocenters. The molecule has 4 bridgehead atoms. The largest absolute Gasteiger partial charge is 0.507 e. The summed E-state index contributed by atoms with van der Waals surface area (Å²) in [4.78, 5) is 73.6. The lowest BCUT2D eigenvalue weighted by molar-refractivity contribution is -0.151. The van der Waals surface area contributed by atoms with Crippen molar-refractivity contribution in [3.05, 3.63) is 302 Å². The summed E-state index contributed by atoms with van der Waals surface area (Å²) in [5.74, 6) is 4.75. The van der Waals surface area contributed by atoms with Crippen LogP contribution in [0.25, 0.3) is 18.2 Å². The number of Topliss-reactive ketones (excluding diaryl/α,β-unsaturated/α-hetero) is 3. The number of hydrogen-bond acceptors (Lipinski definition) is 23. The molecular formula is C107H112O23. The number of phenols is 3. The predicted molar refractivity (Wildman–Crippen MR) is 491 cm³/mol. The number of ketones is 4. The lowest BCUT2D eigenvalue weighted by atomic mass is 9.70.